The number of rotatable bonds is 3. The molecule has 3 nitrogen and oxygen atoms in total. The van der Waals surface area contributed by atoms with Crippen molar-refractivity contribution < 1.29 is 4.39 Å². The van der Waals surface area contributed by atoms with Crippen LogP contribution < -0.4 is 11.2 Å². The third-order valence-corrected chi connectivity index (χ3v) is 2.59. The lowest BCUT2D eigenvalue weighted by Crippen LogP contribution is -2.08. The lowest BCUT2D eigenvalue weighted by atomic mass is 10.1. The summed E-state index contributed by atoms with van der Waals surface area (Å²) in [5.41, 5.74) is 6.46. The molecule has 1 aromatic heterocycles. The van der Waals surface area contributed by atoms with Gasteiger partial charge in [-0.25, -0.2) is 4.39 Å². The first-order chi connectivity index (χ1) is 8.20. The molecule has 0 atom stereocenters. The Morgan fingerprint density at radius 1 is 1.12 bits per heavy atom. The molecule has 0 saturated carbocycles. The van der Waals surface area contributed by atoms with E-state index < -0.39 is 0 Å². The van der Waals surface area contributed by atoms with Crippen LogP contribution in [0.1, 0.15) is 11.1 Å². The SMILES string of the molecule is NCc1cccc(Cn2ccc(=O)cc2)c1F. The average Bonchev–Trinajstić information content (AvgIpc) is 2.35. The highest BCUT2D eigenvalue weighted by molar-refractivity contribution is 5.26. The van der Waals surface area contributed by atoms with Crippen LogP contribution in [-0.2, 0) is 13.1 Å². The Bertz CT molecular complexity index is 557. The van der Waals surface area contributed by atoms with Crippen LogP contribution in [0.3, 0.4) is 0 Å². The van der Waals surface area contributed by atoms with E-state index in [-0.39, 0.29) is 17.8 Å². The number of aromatic nitrogens is 1. The van der Waals surface area contributed by atoms with Gasteiger partial charge < -0.3 is 10.3 Å². The minimum absolute atomic E-state index is 0.0579. The van der Waals surface area contributed by atoms with E-state index in [0.29, 0.717) is 17.7 Å². The van der Waals surface area contributed by atoms with Gasteiger partial charge in [0, 0.05) is 48.7 Å². The molecule has 0 aliphatic heterocycles. The number of pyridine rings is 1. The highest BCUT2D eigenvalue weighted by Gasteiger charge is 2.06. The van der Waals surface area contributed by atoms with Gasteiger partial charge in [0.25, 0.3) is 0 Å². The molecule has 17 heavy (non-hydrogen) atoms. The highest BCUT2D eigenvalue weighted by Crippen LogP contribution is 2.13. The average molecular weight is 232 g/mol. The molecule has 2 rings (SSSR count). The fourth-order valence-electron chi connectivity index (χ4n) is 1.66. The quantitative estimate of drug-likeness (QED) is 0.871. The summed E-state index contributed by atoms with van der Waals surface area (Å²) >= 11 is 0. The van der Waals surface area contributed by atoms with Crippen molar-refractivity contribution in [2.45, 2.75) is 13.1 Å². The first kappa shape index (κ1) is 11.5. The van der Waals surface area contributed by atoms with E-state index >= 15 is 0 Å². The van der Waals surface area contributed by atoms with Crippen molar-refractivity contribution >= 4 is 0 Å². The molecule has 0 aliphatic rings. The lowest BCUT2D eigenvalue weighted by molar-refractivity contribution is 0.583. The van der Waals surface area contributed by atoms with Gasteiger partial charge in [0.1, 0.15) is 5.82 Å². The summed E-state index contributed by atoms with van der Waals surface area (Å²) in [6.45, 7) is 0.573. The number of benzene rings is 1. The van der Waals surface area contributed by atoms with Crippen LogP contribution in [0.25, 0.3) is 0 Å². The minimum atomic E-state index is -0.270. The van der Waals surface area contributed by atoms with E-state index in [2.05, 4.69) is 0 Å². The van der Waals surface area contributed by atoms with E-state index in [4.69, 9.17) is 5.73 Å². The summed E-state index contributed by atoms with van der Waals surface area (Å²) < 4.78 is 15.6. The molecule has 88 valence electrons. The third kappa shape index (κ3) is 2.60. The number of hydrogen-bond acceptors (Lipinski definition) is 2. The van der Waals surface area contributed by atoms with Gasteiger partial charge in [-0.3, -0.25) is 4.79 Å². The van der Waals surface area contributed by atoms with Crippen molar-refractivity contribution in [3.05, 3.63) is 69.9 Å². The van der Waals surface area contributed by atoms with Gasteiger partial charge in [-0.05, 0) is 0 Å². The molecule has 0 amide bonds. The van der Waals surface area contributed by atoms with Gasteiger partial charge in [-0.2, -0.15) is 0 Å². The van der Waals surface area contributed by atoms with Gasteiger partial charge >= 0.3 is 0 Å². The number of hydrogen-bond donors (Lipinski definition) is 1. The van der Waals surface area contributed by atoms with Crippen molar-refractivity contribution in [2.75, 3.05) is 0 Å². The normalized spacial score (nSPS) is 10.5. The summed E-state index contributed by atoms with van der Waals surface area (Å²) in [7, 11) is 0. The van der Waals surface area contributed by atoms with Crippen LogP contribution in [0, 0.1) is 5.82 Å². The second kappa shape index (κ2) is 4.93. The van der Waals surface area contributed by atoms with Gasteiger partial charge in [-0.1, -0.05) is 18.2 Å². The van der Waals surface area contributed by atoms with Crippen LogP contribution >= 0.6 is 0 Å². The molecular weight excluding hydrogens is 219 g/mol. The van der Waals surface area contributed by atoms with E-state index in [1.165, 1.54) is 12.1 Å². The van der Waals surface area contributed by atoms with E-state index in [0.717, 1.165) is 0 Å². The Labute approximate surface area is 98.3 Å². The molecule has 0 saturated heterocycles. The maximum Gasteiger partial charge on any atom is 0.181 e. The number of halogens is 1. The van der Waals surface area contributed by atoms with Gasteiger partial charge in [0.15, 0.2) is 5.43 Å². The maximum absolute atomic E-state index is 13.9. The number of nitrogens with zero attached hydrogens (tertiary/aromatic N) is 1. The first-order valence-corrected chi connectivity index (χ1v) is 5.33. The molecule has 0 unspecified atom stereocenters. The molecule has 4 heteroatoms. The third-order valence-electron chi connectivity index (χ3n) is 2.59. The molecule has 1 aromatic carbocycles. The van der Waals surface area contributed by atoms with Gasteiger partial charge in [0.05, 0.1) is 0 Å². The standard InChI is InChI=1S/C13H13FN2O/c14-13-10(8-15)2-1-3-11(13)9-16-6-4-12(17)5-7-16/h1-7H,8-9,15H2. The molecule has 0 bridgehead atoms. The highest BCUT2D eigenvalue weighted by atomic mass is 19.1. The Hall–Kier alpha value is -1.94. The van der Waals surface area contributed by atoms with Crippen molar-refractivity contribution in [1.29, 1.82) is 0 Å². The second-order valence-corrected chi connectivity index (χ2v) is 3.80. The zero-order valence-electron chi connectivity index (χ0n) is 9.27. The van der Waals surface area contributed by atoms with Crippen molar-refractivity contribution in [3.63, 3.8) is 0 Å². The monoisotopic (exact) mass is 232 g/mol. The molecule has 1 heterocycles. The Balaban J connectivity index is 2.30. The van der Waals surface area contributed by atoms with Crippen LogP contribution in [-0.4, -0.2) is 4.57 Å². The molecule has 0 radical (unpaired) electrons. The van der Waals surface area contributed by atoms with Crippen LogP contribution in [0.4, 0.5) is 4.39 Å². The molecule has 2 aromatic rings. The largest absolute Gasteiger partial charge is 0.350 e. The first-order valence-electron chi connectivity index (χ1n) is 5.33. The predicted octanol–water partition coefficient (Wildman–Crippen LogP) is 1.49. The van der Waals surface area contributed by atoms with Crippen LogP contribution in [0.2, 0.25) is 0 Å². The summed E-state index contributed by atoms with van der Waals surface area (Å²) in [4.78, 5) is 10.9. The van der Waals surface area contributed by atoms with E-state index in [1.807, 2.05) is 0 Å². The molecule has 0 spiro atoms. The molecule has 0 fully saturated rings. The van der Waals surface area contributed by atoms with Gasteiger partial charge in [0.2, 0.25) is 0 Å². The Morgan fingerprint density at radius 3 is 2.41 bits per heavy atom. The van der Waals surface area contributed by atoms with Gasteiger partial charge in [-0.15, -0.1) is 0 Å². The number of nitrogens with two attached hydrogens (primary N) is 1. The second-order valence-electron chi connectivity index (χ2n) is 3.80. The Kier molecular flexibility index (Phi) is 3.35. The fourth-order valence-corrected chi connectivity index (χ4v) is 1.66. The van der Waals surface area contributed by atoms with E-state index in [9.17, 15) is 9.18 Å². The molecular formula is C13H13FN2O. The van der Waals surface area contributed by atoms with Crippen LogP contribution in [0.15, 0.2) is 47.5 Å². The van der Waals surface area contributed by atoms with Crippen molar-refractivity contribution in [2.24, 2.45) is 5.73 Å². The summed E-state index contributed by atoms with van der Waals surface area (Å²) in [6, 6.07) is 8.06. The smallest absolute Gasteiger partial charge is 0.181 e. The zero-order valence-corrected chi connectivity index (χ0v) is 9.27. The topological polar surface area (TPSA) is 48.0 Å². The minimum Gasteiger partial charge on any atom is -0.350 e. The maximum atomic E-state index is 13.9. The zero-order chi connectivity index (χ0) is 12.3. The summed E-state index contributed by atoms with van der Waals surface area (Å²) in [5.74, 6) is -0.270. The van der Waals surface area contributed by atoms with Crippen LogP contribution in [0.5, 0.6) is 0 Å². The summed E-state index contributed by atoms with van der Waals surface area (Å²) in [5, 5.41) is 0. The summed E-state index contributed by atoms with van der Waals surface area (Å²) in [6.07, 6.45) is 3.27. The lowest BCUT2D eigenvalue weighted by Gasteiger charge is -2.09. The predicted molar refractivity (Wildman–Crippen MR) is 64.1 cm³/mol. The van der Waals surface area contributed by atoms with Crippen molar-refractivity contribution in [3.8, 4) is 0 Å². The molecule has 2 N–H and O–H groups in total. The fraction of sp³-hybridized carbons (Fsp3) is 0.154. The van der Waals surface area contributed by atoms with Crippen molar-refractivity contribution in [1.82, 2.24) is 4.57 Å². The van der Waals surface area contributed by atoms with E-state index in [1.54, 1.807) is 35.2 Å². The Morgan fingerprint density at radius 2 is 1.76 bits per heavy atom. The molecule has 0 aliphatic carbocycles.